The van der Waals surface area contributed by atoms with E-state index in [0.717, 1.165) is 67.6 Å². The van der Waals surface area contributed by atoms with Crippen molar-refractivity contribution in [2.24, 2.45) is 38.1 Å². The van der Waals surface area contributed by atoms with Gasteiger partial charge in [-0.05, 0) is 91.7 Å². The molecule has 310 valence electrons. The van der Waals surface area contributed by atoms with Gasteiger partial charge in [0.2, 0.25) is 11.8 Å². The third-order valence-corrected chi connectivity index (χ3v) is 13.5. The lowest BCUT2D eigenvalue weighted by Gasteiger charge is -2.38. The minimum atomic E-state index is -1.02. The monoisotopic (exact) mass is 812 g/mol. The fourth-order valence-electron chi connectivity index (χ4n) is 10.1. The van der Waals surface area contributed by atoms with Gasteiger partial charge < -0.3 is 14.5 Å². The Labute approximate surface area is 347 Å². The van der Waals surface area contributed by atoms with Crippen molar-refractivity contribution in [3.8, 4) is 0 Å². The normalized spacial score (nSPS) is 25.6. The number of non-ortho nitro benzene ring substituents is 1. The van der Waals surface area contributed by atoms with Crippen LogP contribution in [-0.4, -0.2) is 71.1 Å². The number of fused-ring (bicyclic) bond motifs is 10. The summed E-state index contributed by atoms with van der Waals surface area (Å²) in [4.78, 5) is 85.6. The van der Waals surface area contributed by atoms with Gasteiger partial charge in [0.05, 0.1) is 54.1 Å². The molecule has 60 heavy (non-hydrogen) atoms. The number of anilines is 1. The number of aromatic nitrogens is 1. The molecule has 14 heteroatoms. The van der Waals surface area contributed by atoms with Gasteiger partial charge in [0, 0.05) is 84.1 Å². The predicted molar refractivity (Wildman–Crippen MR) is 226 cm³/mol. The molecular weight excluding hydrogens is 765 g/mol. The Morgan fingerprint density at radius 2 is 1.70 bits per heavy atom. The predicted octanol–water partition coefficient (Wildman–Crippen LogP) is 6.93. The summed E-state index contributed by atoms with van der Waals surface area (Å²) in [6, 6.07) is 4.99. The first-order chi connectivity index (χ1) is 28.7. The average Bonchev–Trinajstić information content (AvgIpc) is 3.95. The number of nitrogens with one attached hydrogen (secondary N) is 1. The summed E-state index contributed by atoms with van der Waals surface area (Å²) in [5, 5.41) is 11.4. The molecular formula is C46H48N6O8. The Balaban J connectivity index is 1.28. The van der Waals surface area contributed by atoms with Crippen molar-refractivity contribution >= 4 is 52.3 Å². The summed E-state index contributed by atoms with van der Waals surface area (Å²) in [6.07, 6.45) is 8.76. The molecule has 1 aromatic heterocycles. The summed E-state index contributed by atoms with van der Waals surface area (Å²) in [6.45, 7) is 12.3. The summed E-state index contributed by atoms with van der Waals surface area (Å²) in [5.74, 6) is -2.93. The van der Waals surface area contributed by atoms with Crippen molar-refractivity contribution in [1.29, 1.82) is 0 Å². The first-order valence-corrected chi connectivity index (χ1v) is 20.4. The van der Waals surface area contributed by atoms with Crippen LogP contribution in [0.4, 0.5) is 11.4 Å². The zero-order valence-electron chi connectivity index (χ0n) is 34.7. The summed E-state index contributed by atoms with van der Waals surface area (Å²) in [7, 11) is 2.75. The van der Waals surface area contributed by atoms with Crippen LogP contribution in [0.1, 0.15) is 75.4 Å². The standard InChI is InChI=1S/C46H48N6O8/c1-8-28-23(2)34-20-39-32-16-13-31-43(45(56)51(44(31)55)26-9-11-27(12-10-26)52(57)58)46(32,5)40(50-39)22-35-25(4)30(15-18-42(54)60-7)38(49-35)21-37-29(14-17-41(53)59-6)24(3)33(48-37)19-36(28)47-34/h8-12,16,22-23,31,35,43,48H,1,13-15,17-21H2,2-7H3/t23?,31?,35?,43?,46-/m1/s1. The number of methoxy groups -OCH3 is 2. The summed E-state index contributed by atoms with van der Waals surface area (Å²) in [5.41, 5.74) is 10.8. The number of esters is 2. The van der Waals surface area contributed by atoms with Gasteiger partial charge in [-0.2, -0.15) is 0 Å². The molecule has 4 unspecified atom stereocenters. The Bertz CT molecular complexity index is 2510. The Kier molecular flexibility index (Phi) is 10.4. The molecule has 1 aromatic carbocycles. The highest BCUT2D eigenvalue weighted by molar-refractivity contribution is 6.25. The first-order valence-electron chi connectivity index (χ1n) is 20.4. The number of rotatable bonds is 9. The average molecular weight is 813 g/mol. The van der Waals surface area contributed by atoms with Crippen molar-refractivity contribution in [1.82, 2.24) is 4.98 Å². The van der Waals surface area contributed by atoms with Crippen LogP contribution in [0.25, 0.3) is 0 Å². The van der Waals surface area contributed by atoms with E-state index in [1.165, 1.54) is 43.4 Å². The third-order valence-electron chi connectivity index (χ3n) is 13.5. The van der Waals surface area contributed by atoms with Crippen LogP contribution in [0.5, 0.6) is 0 Å². The molecule has 0 spiro atoms. The van der Waals surface area contributed by atoms with E-state index < -0.39 is 28.2 Å². The molecule has 5 atom stereocenters. The number of aromatic amines is 1. The van der Waals surface area contributed by atoms with Crippen molar-refractivity contribution < 1.29 is 33.6 Å². The van der Waals surface area contributed by atoms with Crippen LogP contribution in [0.15, 0.2) is 97.7 Å². The minimum Gasteiger partial charge on any atom is -0.469 e. The molecule has 5 aliphatic heterocycles. The van der Waals surface area contributed by atoms with Crippen LogP contribution >= 0.6 is 0 Å². The van der Waals surface area contributed by atoms with Crippen LogP contribution < -0.4 is 4.90 Å². The van der Waals surface area contributed by atoms with Crippen molar-refractivity contribution in [2.75, 3.05) is 19.1 Å². The van der Waals surface area contributed by atoms with Crippen molar-refractivity contribution in [2.45, 2.75) is 85.1 Å². The molecule has 0 radical (unpaired) electrons. The minimum absolute atomic E-state index is 0.0583. The highest BCUT2D eigenvalue weighted by Crippen LogP contribution is 2.58. The highest BCUT2D eigenvalue weighted by atomic mass is 16.6. The van der Waals surface area contributed by atoms with Crippen LogP contribution in [0, 0.1) is 40.2 Å². The molecule has 8 rings (SSSR count). The Morgan fingerprint density at radius 1 is 1.00 bits per heavy atom. The number of hydrogen-bond donors (Lipinski definition) is 1. The van der Waals surface area contributed by atoms with E-state index >= 15 is 0 Å². The molecule has 1 fully saturated rings. The lowest BCUT2D eigenvalue weighted by Crippen LogP contribution is -2.41. The number of H-pyrrole nitrogens is 1. The van der Waals surface area contributed by atoms with E-state index in [1.807, 2.05) is 26.0 Å². The number of carbonyl (C=O) groups is 4. The van der Waals surface area contributed by atoms with E-state index in [9.17, 15) is 29.3 Å². The fraction of sp³-hybridized carbons (Fsp3) is 0.413. The van der Waals surface area contributed by atoms with E-state index in [4.69, 9.17) is 24.5 Å². The molecule has 2 aromatic rings. The van der Waals surface area contributed by atoms with Crippen LogP contribution in [0.2, 0.25) is 0 Å². The molecule has 8 bridgehead atoms. The Hall–Kier alpha value is -6.31. The molecule has 14 nitrogen and oxygen atoms in total. The topological polar surface area (TPSA) is 186 Å². The van der Waals surface area contributed by atoms with Crippen molar-refractivity contribution in [3.63, 3.8) is 0 Å². The summed E-state index contributed by atoms with van der Waals surface area (Å²) < 4.78 is 10.0. The molecule has 1 N–H and O–H groups in total. The maximum Gasteiger partial charge on any atom is 0.305 e. The van der Waals surface area contributed by atoms with Crippen molar-refractivity contribution in [3.05, 3.63) is 115 Å². The van der Waals surface area contributed by atoms with Gasteiger partial charge in [-0.1, -0.05) is 25.7 Å². The number of nitro groups is 1. The Morgan fingerprint density at radius 3 is 2.37 bits per heavy atom. The maximum atomic E-state index is 14.7. The van der Waals surface area contributed by atoms with E-state index in [2.05, 4.69) is 31.5 Å². The van der Waals surface area contributed by atoms with E-state index in [1.54, 1.807) is 0 Å². The summed E-state index contributed by atoms with van der Waals surface area (Å²) >= 11 is 0. The van der Waals surface area contributed by atoms with Gasteiger partial charge in [0.1, 0.15) is 0 Å². The smallest absolute Gasteiger partial charge is 0.305 e. The zero-order chi connectivity index (χ0) is 42.8. The van der Waals surface area contributed by atoms with Gasteiger partial charge in [-0.25, -0.2) is 4.90 Å². The lowest BCUT2D eigenvalue weighted by atomic mass is 9.61. The number of benzene rings is 1. The van der Waals surface area contributed by atoms with E-state index in [0.29, 0.717) is 44.2 Å². The molecule has 6 heterocycles. The SMILES string of the molecule is C=CC1=C2Cc3[nH]c(c(CCC(=O)OC)c3C)CC3=NC(C=C4N=C(CC(=N2)C1C)C1=CCC2C(=O)N(c5ccc([N+](=O)[O-])cc5)C(=O)C2[C@@]41C)C(C)=C3CCC(=O)OC. The number of nitrogens with zero attached hydrogens (tertiary/aromatic N) is 5. The number of imide groups is 1. The number of carbonyl (C=O) groups excluding carboxylic acids is 4. The quantitative estimate of drug-likeness (QED) is 0.122. The van der Waals surface area contributed by atoms with Crippen LogP contribution in [0.3, 0.4) is 0 Å². The lowest BCUT2D eigenvalue weighted by molar-refractivity contribution is -0.384. The number of allylic oxidation sites excluding steroid dienone is 6. The number of aliphatic imine (C=N–C) groups is 3. The second-order valence-electron chi connectivity index (χ2n) is 16.5. The van der Waals surface area contributed by atoms with Gasteiger partial charge >= 0.3 is 11.9 Å². The number of nitro benzene ring substituents is 1. The number of hydrogen-bond acceptors (Lipinski definition) is 11. The third kappa shape index (κ3) is 6.52. The molecule has 2 amide bonds. The molecule has 0 saturated carbocycles. The second kappa shape index (κ2) is 15.4. The van der Waals surface area contributed by atoms with Gasteiger partial charge in [0.15, 0.2) is 0 Å². The maximum absolute atomic E-state index is 14.7. The molecule has 1 saturated heterocycles. The largest absolute Gasteiger partial charge is 0.469 e. The van der Waals surface area contributed by atoms with Crippen LogP contribution in [-0.2, 0) is 47.9 Å². The fourth-order valence-corrected chi connectivity index (χ4v) is 10.1. The highest BCUT2D eigenvalue weighted by Gasteiger charge is 2.62. The molecule has 6 aliphatic rings. The number of ether oxygens (including phenoxy) is 2. The van der Waals surface area contributed by atoms with Gasteiger partial charge in [-0.3, -0.25) is 44.3 Å². The van der Waals surface area contributed by atoms with Gasteiger partial charge in [-0.15, -0.1) is 0 Å². The first kappa shape index (κ1) is 40.5. The second-order valence-corrected chi connectivity index (χ2v) is 16.5. The van der Waals surface area contributed by atoms with E-state index in [-0.39, 0.29) is 53.9 Å². The molecule has 1 aliphatic carbocycles. The zero-order valence-corrected chi connectivity index (χ0v) is 34.7. The van der Waals surface area contributed by atoms with Gasteiger partial charge in [0.25, 0.3) is 5.69 Å². The number of amides is 2.